The fraction of sp³-hybridized carbons (Fsp3) is 0.333. The zero-order valence-corrected chi connectivity index (χ0v) is 11.5. The van der Waals surface area contributed by atoms with Crippen LogP contribution < -0.4 is 16.4 Å². The first kappa shape index (κ1) is 14.0. The molecule has 2 rings (SSSR count). The highest BCUT2D eigenvalue weighted by Gasteiger charge is 2.23. The summed E-state index contributed by atoms with van der Waals surface area (Å²) >= 11 is 11.7. The summed E-state index contributed by atoms with van der Waals surface area (Å²) in [6, 6.07) is 3.10. The largest absolute Gasteiger partial charge is 0.396 e. The van der Waals surface area contributed by atoms with Gasteiger partial charge in [0.2, 0.25) is 5.91 Å². The summed E-state index contributed by atoms with van der Waals surface area (Å²) in [6.07, 6.45) is 2.01. The molecule has 19 heavy (non-hydrogen) atoms. The fourth-order valence-electron chi connectivity index (χ4n) is 1.48. The fourth-order valence-corrected chi connectivity index (χ4v) is 1.97. The smallest absolute Gasteiger partial charge is 0.251 e. The van der Waals surface area contributed by atoms with E-state index >= 15 is 0 Å². The summed E-state index contributed by atoms with van der Waals surface area (Å²) in [6.45, 7) is -0.0745. The quantitative estimate of drug-likeness (QED) is 0.738. The highest BCUT2D eigenvalue weighted by Crippen LogP contribution is 2.28. The number of nitrogen functional groups attached to an aromatic ring is 1. The first-order chi connectivity index (χ1) is 8.97. The van der Waals surface area contributed by atoms with E-state index in [4.69, 9.17) is 28.9 Å². The SMILES string of the molecule is Nc1c(Cl)cc(C(=O)NCC(=O)NC2CC2)cc1Cl. The number of nitrogens with one attached hydrogen (secondary N) is 2. The molecule has 5 nitrogen and oxygen atoms in total. The van der Waals surface area contributed by atoms with Crippen molar-refractivity contribution in [1.82, 2.24) is 10.6 Å². The normalized spacial score (nSPS) is 14.0. The molecule has 7 heteroatoms. The Balaban J connectivity index is 1.93. The van der Waals surface area contributed by atoms with Gasteiger partial charge in [0.05, 0.1) is 22.3 Å². The summed E-state index contributed by atoms with van der Waals surface area (Å²) in [5.74, 6) is -0.627. The highest BCUT2D eigenvalue weighted by molar-refractivity contribution is 6.39. The van der Waals surface area contributed by atoms with Crippen molar-refractivity contribution in [2.45, 2.75) is 18.9 Å². The number of benzene rings is 1. The van der Waals surface area contributed by atoms with Crippen LogP contribution in [0, 0.1) is 0 Å². The Kier molecular flexibility index (Phi) is 4.17. The molecule has 0 unspecified atom stereocenters. The topological polar surface area (TPSA) is 84.2 Å². The molecule has 0 aromatic heterocycles. The Morgan fingerprint density at radius 2 is 1.84 bits per heavy atom. The van der Waals surface area contributed by atoms with Crippen LogP contribution in [0.25, 0.3) is 0 Å². The maximum Gasteiger partial charge on any atom is 0.251 e. The van der Waals surface area contributed by atoms with E-state index in [-0.39, 0.29) is 39.8 Å². The van der Waals surface area contributed by atoms with Crippen LogP contribution >= 0.6 is 23.2 Å². The lowest BCUT2D eigenvalue weighted by atomic mass is 10.2. The molecule has 0 spiro atoms. The molecule has 1 aliphatic carbocycles. The first-order valence-electron chi connectivity index (χ1n) is 5.79. The molecule has 1 aliphatic rings. The van der Waals surface area contributed by atoms with Crippen LogP contribution in [0.5, 0.6) is 0 Å². The molecule has 1 aromatic carbocycles. The van der Waals surface area contributed by atoms with Gasteiger partial charge in [-0.05, 0) is 25.0 Å². The molecule has 102 valence electrons. The standard InChI is InChI=1S/C12H13Cl2N3O2/c13-8-3-6(4-9(14)11(8)15)12(19)16-5-10(18)17-7-1-2-7/h3-4,7H,1-2,5,15H2,(H,16,19)(H,17,18). The van der Waals surface area contributed by atoms with Gasteiger partial charge in [-0.2, -0.15) is 0 Å². The third-order valence-electron chi connectivity index (χ3n) is 2.69. The molecule has 2 amide bonds. The van der Waals surface area contributed by atoms with Gasteiger partial charge in [0, 0.05) is 11.6 Å². The van der Waals surface area contributed by atoms with E-state index in [1.54, 1.807) is 0 Å². The summed E-state index contributed by atoms with van der Waals surface area (Å²) in [5.41, 5.74) is 6.07. The van der Waals surface area contributed by atoms with Crippen molar-refractivity contribution in [3.63, 3.8) is 0 Å². The van der Waals surface area contributed by atoms with Gasteiger partial charge in [-0.3, -0.25) is 9.59 Å². The Hall–Kier alpha value is -1.46. The Labute approximate surface area is 120 Å². The van der Waals surface area contributed by atoms with Gasteiger partial charge in [-0.1, -0.05) is 23.2 Å². The summed E-state index contributed by atoms with van der Waals surface area (Å²) in [4.78, 5) is 23.2. The number of nitrogens with two attached hydrogens (primary N) is 1. The molecule has 0 heterocycles. The molecule has 4 N–H and O–H groups in total. The predicted octanol–water partition coefficient (Wildman–Crippen LogP) is 1.58. The summed E-state index contributed by atoms with van der Waals surface area (Å²) in [5, 5.41) is 5.68. The molecule has 1 fully saturated rings. The van der Waals surface area contributed by atoms with Gasteiger partial charge in [-0.15, -0.1) is 0 Å². The predicted molar refractivity (Wildman–Crippen MR) is 74.4 cm³/mol. The second-order valence-corrected chi connectivity index (χ2v) is 5.19. The number of amides is 2. The zero-order chi connectivity index (χ0) is 14.0. The van der Waals surface area contributed by atoms with E-state index < -0.39 is 5.91 Å². The van der Waals surface area contributed by atoms with Crippen LogP contribution in [0.4, 0.5) is 5.69 Å². The minimum absolute atomic E-state index is 0.0745. The third-order valence-corrected chi connectivity index (χ3v) is 3.32. The van der Waals surface area contributed by atoms with Crippen LogP contribution in [0.1, 0.15) is 23.2 Å². The monoisotopic (exact) mass is 301 g/mol. The highest BCUT2D eigenvalue weighted by atomic mass is 35.5. The summed E-state index contributed by atoms with van der Waals surface area (Å²) < 4.78 is 0. The molecule has 0 atom stereocenters. The van der Waals surface area contributed by atoms with Crippen molar-refractivity contribution < 1.29 is 9.59 Å². The Morgan fingerprint density at radius 3 is 2.37 bits per heavy atom. The molecule has 0 aliphatic heterocycles. The van der Waals surface area contributed by atoms with Crippen LogP contribution in [0.2, 0.25) is 10.0 Å². The van der Waals surface area contributed by atoms with E-state index in [2.05, 4.69) is 10.6 Å². The van der Waals surface area contributed by atoms with Gasteiger partial charge >= 0.3 is 0 Å². The molecular formula is C12H13Cl2N3O2. The van der Waals surface area contributed by atoms with Gasteiger partial charge in [0.25, 0.3) is 5.91 Å². The molecule has 0 bridgehead atoms. The minimum atomic E-state index is -0.422. The van der Waals surface area contributed by atoms with Crippen molar-refractivity contribution in [2.75, 3.05) is 12.3 Å². The molecule has 1 aromatic rings. The van der Waals surface area contributed by atoms with Crippen molar-refractivity contribution in [3.8, 4) is 0 Å². The third kappa shape index (κ3) is 3.75. The molecule has 0 saturated heterocycles. The van der Waals surface area contributed by atoms with Gasteiger partial charge in [-0.25, -0.2) is 0 Å². The van der Waals surface area contributed by atoms with Crippen LogP contribution in [0.3, 0.4) is 0 Å². The second-order valence-electron chi connectivity index (χ2n) is 4.38. The van der Waals surface area contributed by atoms with Crippen LogP contribution in [-0.4, -0.2) is 24.4 Å². The van der Waals surface area contributed by atoms with E-state index in [0.29, 0.717) is 0 Å². The van der Waals surface area contributed by atoms with Crippen LogP contribution in [-0.2, 0) is 4.79 Å². The van der Waals surface area contributed by atoms with Gasteiger partial charge < -0.3 is 16.4 Å². The van der Waals surface area contributed by atoms with Crippen LogP contribution in [0.15, 0.2) is 12.1 Å². The Bertz CT molecular complexity index is 507. The average Bonchev–Trinajstić information content (AvgIpc) is 3.16. The number of anilines is 1. The van der Waals surface area contributed by atoms with Crippen molar-refractivity contribution >= 4 is 40.7 Å². The van der Waals surface area contributed by atoms with Crippen molar-refractivity contribution in [1.29, 1.82) is 0 Å². The van der Waals surface area contributed by atoms with Crippen molar-refractivity contribution in [3.05, 3.63) is 27.7 Å². The maximum absolute atomic E-state index is 11.8. The van der Waals surface area contributed by atoms with Gasteiger partial charge in [0.15, 0.2) is 0 Å². The lowest BCUT2D eigenvalue weighted by molar-refractivity contribution is -0.120. The number of hydrogen-bond acceptors (Lipinski definition) is 3. The summed E-state index contributed by atoms with van der Waals surface area (Å²) in [7, 11) is 0. The zero-order valence-electron chi connectivity index (χ0n) is 10.0. The molecule has 0 radical (unpaired) electrons. The van der Waals surface area contributed by atoms with E-state index in [1.807, 2.05) is 0 Å². The number of rotatable bonds is 4. The van der Waals surface area contributed by atoms with Crippen molar-refractivity contribution in [2.24, 2.45) is 0 Å². The number of carbonyl (C=O) groups excluding carboxylic acids is 2. The molecule has 1 saturated carbocycles. The number of halogens is 2. The van der Waals surface area contributed by atoms with E-state index in [1.165, 1.54) is 12.1 Å². The van der Waals surface area contributed by atoms with E-state index in [0.717, 1.165) is 12.8 Å². The average molecular weight is 302 g/mol. The van der Waals surface area contributed by atoms with Gasteiger partial charge in [0.1, 0.15) is 0 Å². The second kappa shape index (κ2) is 5.67. The molecular weight excluding hydrogens is 289 g/mol. The minimum Gasteiger partial charge on any atom is -0.396 e. The maximum atomic E-state index is 11.8. The number of hydrogen-bond donors (Lipinski definition) is 3. The lowest BCUT2D eigenvalue weighted by Crippen LogP contribution is -2.37. The van der Waals surface area contributed by atoms with E-state index in [9.17, 15) is 9.59 Å². The number of carbonyl (C=O) groups is 2. The lowest BCUT2D eigenvalue weighted by Gasteiger charge is -2.08. The first-order valence-corrected chi connectivity index (χ1v) is 6.55. The Morgan fingerprint density at radius 1 is 1.26 bits per heavy atom.